The smallest absolute Gasteiger partial charge is 0.252 e. The molecular weight excluding hydrogens is 182 g/mol. The average molecular weight is 195 g/mol. The lowest BCUT2D eigenvalue weighted by Gasteiger charge is -2.10. The van der Waals surface area contributed by atoms with Gasteiger partial charge in [-0.25, -0.2) is 0 Å². The van der Waals surface area contributed by atoms with Crippen LogP contribution in [0.25, 0.3) is 0 Å². The van der Waals surface area contributed by atoms with Crippen molar-refractivity contribution in [3.8, 4) is 11.5 Å². The standard InChI is InChI=1S/C10H13NO3/c1-5(2)6-3-7(10(11)14)9(13)4-8(6)12/h3-5,12-13H,1-2H3,(H2,11,14). The van der Waals surface area contributed by atoms with Crippen LogP contribution in [0.5, 0.6) is 11.5 Å². The van der Waals surface area contributed by atoms with Crippen LogP contribution in [0.4, 0.5) is 0 Å². The third-order valence-electron chi connectivity index (χ3n) is 2.03. The average Bonchev–Trinajstić information content (AvgIpc) is 2.02. The number of hydrogen-bond donors (Lipinski definition) is 3. The Kier molecular flexibility index (Phi) is 2.65. The van der Waals surface area contributed by atoms with E-state index in [0.717, 1.165) is 6.07 Å². The number of carbonyl (C=O) groups is 1. The van der Waals surface area contributed by atoms with Crippen LogP contribution in [0.3, 0.4) is 0 Å². The molecule has 0 aliphatic heterocycles. The van der Waals surface area contributed by atoms with Gasteiger partial charge in [0.15, 0.2) is 0 Å². The maximum atomic E-state index is 10.9. The molecular formula is C10H13NO3. The molecule has 0 fully saturated rings. The largest absolute Gasteiger partial charge is 0.508 e. The zero-order chi connectivity index (χ0) is 10.9. The molecule has 76 valence electrons. The summed E-state index contributed by atoms with van der Waals surface area (Å²) in [6.45, 7) is 3.74. The number of aromatic hydroxyl groups is 2. The van der Waals surface area contributed by atoms with E-state index in [1.165, 1.54) is 6.07 Å². The van der Waals surface area contributed by atoms with E-state index in [-0.39, 0.29) is 23.0 Å². The Labute approximate surface area is 82.0 Å². The van der Waals surface area contributed by atoms with Crippen molar-refractivity contribution >= 4 is 5.91 Å². The summed E-state index contributed by atoms with van der Waals surface area (Å²) >= 11 is 0. The van der Waals surface area contributed by atoms with Gasteiger partial charge in [-0.1, -0.05) is 13.8 Å². The molecule has 0 heterocycles. The van der Waals surface area contributed by atoms with Gasteiger partial charge in [0.1, 0.15) is 11.5 Å². The van der Waals surface area contributed by atoms with Gasteiger partial charge in [0.05, 0.1) is 5.56 Å². The zero-order valence-electron chi connectivity index (χ0n) is 8.11. The van der Waals surface area contributed by atoms with Crippen molar-refractivity contribution in [1.82, 2.24) is 0 Å². The predicted molar refractivity (Wildman–Crippen MR) is 52.4 cm³/mol. The minimum atomic E-state index is -0.704. The van der Waals surface area contributed by atoms with Gasteiger partial charge < -0.3 is 15.9 Å². The van der Waals surface area contributed by atoms with E-state index in [1.54, 1.807) is 0 Å². The molecule has 0 unspecified atom stereocenters. The highest BCUT2D eigenvalue weighted by Crippen LogP contribution is 2.31. The van der Waals surface area contributed by atoms with Crippen LogP contribution in [-0.4, -0.2) is 16.1 Å². The molecule has 0 spiro atoms. The van der Waals surface area contributed by atoms with Crippen LogP contribution >= 0.6 is 0 Å². The maximum Gasteiger partial charge on any atom is 0.252 e. The first-order chi connectivity index (χ1) is 6.43. The van der Waals surface area contributed by atoms with E-state index in [0.29, 0.717) is 5.56 Å². The molecule has 0 saturated heterocycles. The van der Waals surface area contributed by atoms with Gasteiger partial charge in [-0.2, -0.15) is 0 Å². The predicted octanol–water partition coefficient (Wildman–Crippen LogP) is 1.32. The molecule has 0 bridgehead atoms. The van der Waals surface area contributed by atoms with Gasteiger partial charge in [-0.3, -0.25) is 4.79 Å². The summed E-state index contributed by atoms with van der Waals surface area (Å²) in [6, 6.07) is 2.55. The monoisotopic (exact) mass is 195 g/mol. The molecule has 4 nitrogen and oxygen atoms in total. The van der Waals surface area contributed by atoms with Gasteiger partial charge in [0, 0.05) is 6.07 Å². The Bertz CT molecular complexity index is 372. The number of benzene rings is 1. The second-order valence-corrected chi connectivity index (χ2v) is 3.45. The molecule has 1 rings (SSSR count). The number of carbonyl (C=O) groups excluding carboxylic acids is 1. The third-order valence-corrected chi connectivity index (χ3v) is 2.03. The lowest BCUT2D eigenvalue weighted by atomic mass is 9.99. The lowest BCUT2D eigenvalue weighted by molar-refractivity contribution is 0.0997. The fourth-order valence-corrected chi connectivity index (χ4v) is 1.25. The van der Waals surface area contributed by atoms with Crippen molar-refractivity contribution in [1.29, 1.82) is 0 Å². The minimum Gasteiger partial charge on any atom is -0.508 e. The van der Waals surface area contributed by atoms with E-state index in [9.17, 15) is 15.0 Å². The Balaban J connectivity index is 3.34. The van der Waals surface area contributed by atoms with E-state index in [1.807, 2.05) is 13.8 Å². The normalized spacial score (nSPS) is 10.5. The summed E-state index contributed by atoms with van der Waals surface area (Å²) in [5.74, 6) is -0.958. The van der Waals surface area contributed by atoms with Crippen LogP contribution in [0.1, 0.15) is 35.7 Å². The molecule has 14 heavy (non-hydrogen) atoms. The molecule has 0 aromatic heterocycles. The number of primary amides is 1. The van der Waals surface area contributed by atoms with E-state index < -0.39 is 5.91 Å². The first-order valence-electron chi connectivity index (χ1n) is 4.29. The van der Waals surface area contributed by atoms with Crippen LogP contribution in [0, 0.1) is 0 Å². The molecule has 0 aliphatic rings. The van der Waals surface area contributed by atoms with Crippen LogP contribution in [0.15, 0.2) is 12.1 Å². The van der Waals surface area contributed by atoms with E-state index in [4.69, 9.17) is 5.73 Å². The molecule has 0 saturated carbocycles. The van der Waals surface area contributed by atoms with Crippen molar-refractivity contribution in [2.24, 2.45) is 5.73 Å². The topological polar surface area (TPSA) is 83.6 Å². The highest BCUT2D eigenvalue weighted by Gasteiger charge is 2.14. The molecule has 4 N–H and O–H groups in total. The molecule has 0 aliphatic carbocycles. The van der Waals surface area contributed by atoms with Crippen LogP contribution < -0.4 is 5.73 Å². The summed E-state index contributed by atoms with van der Waals surface area (Å²) in [5, 5.41) is 18.8. The molecule has 1 aromatic carbocycles. The Morgan fingerprint density at radius 3 is 2.29 bits per heavy atom. The lowest BCUT2D eigenvalue weighted by Crippen LogP contribution is -2.11. The molecule has 4 heteroatoms. The van der Waals surface area contributed by atoms with Crippen molar-refractivity contribution in [2.45, 2.75) is 19.8 Å². The van der Waals surface area contributed by atoms with Crippen molar-refractivity contribution in [2.75, 3.05) is 0 Å². The number of amides is 1. The van der Waals surface area contributed by atoms with Crippen molar-refractivity contribution in [3.05, 3.63) is 23.3 Å². The van der Waals surface area contributed by atoms with Gasteiger partial charge in [0.25, 0.3) is 5.91 Å². The van der Waals surface area contributed by atoms with Crippen molar-refractivity contribution in [3.63, 3.8) is 0 Å². The Morgan fingerprint density at radius 2 is 1.86 bits per heavy atom. The second-order valence-electron chi connectivity index (χ2n) is 3.45. The van der Waals surface area contributed by atoms with E-state index >= 15 is 0 Å². The summed E-state index contributed by atoms with van der Waals surface area (Å²) in [4.78, 5) is 10.9. The maximum absolute atomic E-state index is 10.9. The molecule has 1 amide bonds. The summed E-state index contributed by atoms with van der Waals surface area (Å²) in [7, 11) is 0. The van der Waals surface area contributed by atoms with Gasteiger partial charge >= 0.3 is 0 Å². The summed E-state index contributed by atoms with van der Waals surface area (Å²) in [5.41, 5.74) is 5.68. The highest BCUT2D eigenvalue weighted by atomic mass is 16.3. The third kappa shape index (κ3) is 1.79. The Morgan fingerprint density at radius 1 is 1.29 bits per heavy atom. The number of nitrogens with two attached hydrogens (primary N) is 1. The molecule has 0 radical (unpaired) electrons. The Hall–Kier alpha value is -1.71. The number of hydrogen-bond acceptors (Lipinski definition) is 3. The fourth-order valence-electron chi connectivity index (χ4n) is 1.25. The van der Waals surface area contributed by atoms with Gasteiger partial charge in [-0.05, 0) is 17.5 Å². The minimum absolute atomic E-state index is 0.0255. The number of phenols is 2. The number of phenolic OH excluding ortho intramolecular Hbond substituents is 1. The van der Waals surface area contributed by atoms with Crippen LogP contribution in [-0.2, 0) is 0 Å². The number of rotatable bonds is 2. The fraction of sp³-hybridized carbons (Fsp3) is 0.300. The van der Waals surface area contributed by atoms with E-state index in [2.05, 4.69) is 0 Å². The second kappa shape index (κ2) is 3.57. The highest BCUT2D eigenvalue weighted by molar-refractivity contribution is 5.96. The zero-order valence-corrected chi connectivity index (χ0v) is 8.11. The quantitative estimate of drug-likeness (QED) is 0.665. The molecule has 0 atom stereocenters. The first-order valence-corrected chi connectivity index (χ1v) is 4.29. The van der Waals surface area contributed by atoms with Gasteiger partial charge in [-0.15, -0.1) is 0 Å². The van der Waals surface area contributed by atoms with Crippen LogP contribution in [0.2, 0.25) is 0 Å². The van der Waals surface area contributed by atoms with Crippen molar-refractivity contribution < 1.29 is 15.0 Å². The summed E-state index contributed by atoms with van der Waals surface area (Å²) < 4.78 is 0. The summed E-state index contributed by atoms with van der Waals surface area (Å²) in [6.07, 6.45) is 0. The van der Waals surface area contributed by atoms with Gasteiger partial charge in [0.2, 0.25) is 0 Å². The SMILES string of the molecule is CC(C)c1cc(C(N)=O)c(O)cc1O. The molecule has 1 aromatic rings. The first kappa shape index (κ1) is 10.4.